The van der Waals surface area contributed by atoms with Gasteiger partial charge >= 0.3 is 6.18 Å². The van der Waals surface area contributed by atoms with Crippen LogP contribution in [0.5, 0.6) is 0 Å². The van der Waals surface area contributed by atoms with Crippen molar-refractivity contribution in [2.75, 3.05) is 19.6 Å². The number of carbonyl (C=O) groups is 2. The minimum absolute atomic E-state index is 0.0666. The van der Waals surface area contributed by atoms with Crippen LogP contribution in [-0.2, 0) is 11.0 Å². The zero-order valence-corrected chi connectivity index (χ0v) is 11.7. The van der Waals surface area contributed by atoms with Crippen LogP contribution in [0.4, 0.5) is 13.2 Å². The van der Waals surface area contributed by atoms with Gasteiger partial charge in [0, 0.05) is 24.7 Å². The van der Waals surface area contributed by atoms with Crippen molar-refractivity contribution in [3.63, 3.8) is 0 Å². The van der Waals surface area contributed by atoms with Crippen molar-refractivity contribution >= 4 is 11.8 Å². The topological polar surface area (TPSA) is 75.4 Å². The second kappa shape index (κ2) is 6.35. The first-order valence-corrected chi connectivity index (χ1v) is 6.76. The number of benzene rings is 1. The molecule has 0 aliphatic carbocycles. The van der Waals surface area contributed by atoms with Gasteiger partial charge in [0.1, 0.15) is 0 Å². The van der Waals surface area contributed by atoms with E-state index in [1.54, 1.807) is 0 Å². The van der Waals surface area contributed by atoms with Crippen molar-refractivity contribution in [3.8, 4) is 0 Å². The van der Waals surface area contributed by atoms with Crippen LogP contribution in [0.2, 0.25) is 0 Å². The second-order valence-electron chi connectivity index (χ2n) is 5.15. The Hall–Kier alpha value is -2.09. The molecule has 22 heavy (non-hydrogen) atoms. The average molecular weight is 315 g/mol. The number of amides is 2. The van der Waals surface area contributed by atoms with Gasteiger partial charge in [-0.15, -0.1) is 0 Å². The SMILES string of the molecule is NC1CCN(C(=O)CNC(=O)c2cccc(C(F)(F)F)c2)C1. The molecule has 0 spiro atoms. The molecule has 1 unspecified atom stereocenters. The highest BCUT2D eigenvalue weighted by atomic mass is 19.4. The number of nitrogens with one attached hydrogen (secondary N) is 1. The molecule has 0 radical (unpaired) electrons. The molecule has 1 aromatic carbocycles. The molecule has 5 nitrogen and oxygen atoms in total. The molecule has 0 bridgehead atoms. The summed E-state index contributed by atoms with van der Waals surface area (Å²) >= 11 is 0. The summed E-state index contributed by atoms with van der Waals surface area (Å²) in [4.78, 5) is 25.2. The fourth-order valence-corrected chi connectivity index (χ4v) is 2.22. The van der Waals surface area contributed by atoms with Crippen LogP contribution >= 0.6 is 0 Å². The Bertz CT molecular complexity index is 575. The van der Waals surface area contributed by atoms with Crippen LogP contribution in [0.3, 0.4) is 0 Å². The summed E-state index contributed by atoms with van der Waals surface area (Å²) in [5.74, 6) is -1.02. The number of likely N-dealkylation sites (tertiary alicyclic amines) is 1. The van der Waals surface area contributed by atoms with E-state index < -0.39 is 17.6 Å². The maximum Gasteiger partial charge on any atom is 0.416 e. The Morgan fingerprint density at radius 2 is 2.09 bits per heavy atom. The summed E-state index contributed by atoms with van der Waals surface area (Å²) < 4.78 is 37.7. The Balaban J connectivity index is 1.94. The van der Waals surface area contributed by atoms with Gasteiger partial charge in [0.15, 0.2) is 0 Å². The van der Waals surface area contributed by atoms with E-state index in [2.05, 4.69) is 5.32 Å². The lowest BCUT2D eigenvalue weighted by molar-refractivity contribution is -0.137. The van der Waals surface area contributed by atoms with E-state index in [1.165, 1.54) is 11.0 Å². The van der Waals surface area contributed by atoms with Gasteiger partial charge in [-0.05, 0) is 24.6 Å². The van der Waals surface area contributed by atoms with Gasteiger partial charge in [-0.2, -0.15) is 13.2 Å². The van der Waals surface area contributed by atoms with Crippen molar-refractivity contribution in [2.24, 2.45) is 5.73 Å². The van der Waals surface area contributed by atoms with Crippen molar-refractivity contribution < 1.29 is 22.8 Å². The standard InChI is InChI=1S/C14H16F3N3O2/c15-14(16,17)10-3-1-2-9(6-10)13(22)19-7-12(21)20-5-4-11(18)8-20/h1-3,6,11H,4-5,7-8,18H2,(H,19,22). The molecule has 8 heteroatoms. The summed E-state index contributed by atoms with van der Waals surface area (Å²) in [6.45, 7) is 0.694. The highest BCUT2D eigenvalue weighted by Gasteiger charge is 2.31. The van der Waals surface area contributed by atoms with Crippen LogP contribution in [0.25, 0.3) is 0 Å². The number of halogens is 3. The summed E-state index contributed by atoms with van der Waals surface area (Å²) in [5, 5.41) is 2.33. The molecule has 1 heterocycles. The Morgan fingerprint density at radius 1 is 1.36 bits per heavy atom. The molecule has 1 saturated heterocycles. The van der Waals surface area contributed by atoms with Crippen molar-refractivity contribution in [1.29, 1.82) is 0 Å². The average Bonchev–Trinajstić information content (AvgIpc) is 2.90. The van der Waals surface area contributed by atoms with Gasteiger partial charge in [0.05, 0.1) is 12.1 Å². The number of rotatable bonds is 3. The molecule has 2 rings (SSSR count). The number of carbonyl (C=O) groups excluding carboxylic acids is 2. The van der Waals surface area contributed by atoms with Crippen LogP contribution in [-0.4, -0.2) is 42.4 Å². The van der Waals surface area contributed by atoms with E-state index >= 15 is 0 Å². The molecule has 1 aromatic rings. The van der Waals surface area contributed by atoms with Crippen molar-refractivity contribution in [2.45, 2.75) is 18.6 Å². The third-order valence-electron chi connectivity index (χ3n) is 3.43. The molecule has 3 N–H and O–H groups in total. The van der Waals surface area contributed by atoms with Gasteiger partial charge in [-0.3, -0.25) is 9.59 Å². The number of hydrogen-bond acceptors (Lipinski definition) is 3. The number of alkyl halides is 3. The van der Waals surface area contributed by atoms with Crippen LogP contribution in [0.1, 0.15) is 22.3 Å². The van der Waals surface area contributed by atoms with E-state index in [9.17, 15) is 22.8 Å². The van der Waals surface area contributed by atoms with E-state index in [4.69, 9.17) is 5.73 Å². The first-order valence-electron chi connectivity index (χ1n) is 6.76. The van der Waals surface area contributed by atoms with Gasteiger partial charge in [0.2, 0.25) is 5.91 Å². The van der Waals surface area contributed by atoms with E-state index in [0.29, 0.717) is 19.5 Å². The van der Waals surface area contributed by atoms with Crippen LogP contribution < -0.4 is 11.1 Å². The van der Waals surface area contributed by atoms with Crippen LogP contribution in [0.15, 0.2) is 24.3 Å². The molecule has 0 saturated carbocycles. The summed E-state index contributed by atoms with van der Waals surface area (Å²) in [5.41, 5.74) is 4.64. The number of nitrogens with zero attached hydrogens (tertiary/aromatic N) is 1. The quantitative estimate of drug-likeness (QED) is 0.873. The Labute approximate surface area is 125 Å². The Kier molecular flexibility index (Phi) is 4.70. The number of hydrogen-bond donors (Lipinski definition) is 2. The molecular weight excluding hydrogens is 299 g/mol. The third kappa shape index (κ3) is 3.97. The van der Waals surface area contributed by atoms with Crippen molar-refractivity contribution in [3.05, 3.63) is 35.4 Å². The molecule has 1 aliphatic heterocycles. The normalized spacial score (nSPS) is 18.4. The van der Waals surface area contributed by atoms with Crippen molar-refractivity contribution in [1.82, 2.24) is 10.2 Å². The van der Waals surface area contributed by atoms with Crippen LogP contribution in [0, 0.1) is 0 Å². The van der Waals surface area contributed by atoms with Gasteiger partial charge in [-0.25, -0.2) is 0 Å². The highest BCUT2D eigenvalue weighted by molar-refractivity contribution is 5.96. The minimum Gasteiger partial charge on any atom is -0.343 e. The fraction of sp³-hybridized carbons (Fsp3) is 0.429. The second-order valence-corrected chi connectivity index (χ2v) is 5.15. The molecule has 2 amide bonds. The smallest absolute Gasteiger partial charge is 0.343 e. The van der Waals surface area contributed by atoms with Gasteiger partial charge < -0.3 is 16.0 Å². The predicted molar refractivity (Wildman–Crippen MR) is 72.9 cm³/mol. The minimum atomic E-state index is -4.52. The third-order valence-corrected chi connectivity index (χ3v) is 3.43. The molecular formula is C14H16F3N3O2. The monoisotopic (exact) mass is 315 g/mol. The lowest BCUT2D eigenvalue weighted by atomic mass is 10.1. The van der Waals surface area contributed by atoms with Gasteiger partial charge in [0.25, 0.3) is 5.91 Å². The zero-order chi connectivity index (χ0) is 16.3. The lowest BCUT2D eigenvalue weighted by Crippen LogP contribution is -2.40. The maximum atomic E-state index is 12.6. The summed E-state index contributed by atoms with van der Waals surface area (Å²) in [6.07, 6.45) is -3.81. The number of nitrogens with two attached hydrogens (primary N) is 1. The molecule has 120 valence electrons. The Morgan fingerprint density at radius 3 is 2.68 bits per heavy atom. The van der Waals surface area contributed by atoms with E-state index in [0.717, 1.165) is 18.2 Å². The highest BCUT2D eigenvalue weighted by Crippen LogP contribution is 2.29. The zero-order valence-electron chi connectivity index (χ0n) is 11.7. The molecule has 1 atom stereocenters. The predicted octanol–water partition coefficient (Wildman–Crippen LogP) is 0.995. The molecule has 1 fully saturated rings. The first kappa shape index (κ1) is 16.3. The fourth-order valence-electron chi connectivity index (χ4n) is 2.22. The lowest BCUT2D eigenvalue weighted by Gasteiger charge is -2.16. The maximum absolute atomic E-state index is 12.6. The summed E-state index contributed by atoms with van der Waals surface area (Å²) in [6, 6.07) is 3.99. The molecule has 1 aliphatic rings. The first-order chi connectivity index (χ1) is 10.3. The van der Waals surface area contributed by atoms with Gasteiger partial charge in [-0.1, -0.05) is 6.07 Å². The molecule has 0 aromatic heterocycles. The van der Waals surface area contributed by atoms with E-state index in [-0.39, 0.29) is 24.1 Å². The summed E-state index contributed by atoms with van der Waals surface area (Å²) in [7, 11) is 0. The van der Waals surface area contributed by atoms with E-state index in [1.807, 2.05) is 0 Å². The largest absolute Gasteiger partial charge is 0.416 e.